The molecule has 3 aliphatic rings. The van der Waals surface area contributed by atoms with Crippen LogP contribution < -0.4 is 5.32 Å². The van der Waals surface area contributed by atoms with E-state index in [1.54, 1.807) is 0 Å². The van der Waals surface area contributed by atoms with Gasteiger partial charge in [0.25, 0.3) is 0 Å². The first-order valence-electron chi connectivity index (χ1n) is 13.9. The minimum atomic E-state index is -0.184. The van der Waals surface area contributed by atoms with Crippen molar-refractivity contribution in [3.8, 4) is 11.3 Å². The van der Waals surface area contributed by atoms with Gasteiger partial charge >= 0.3 is 5.95 Å². The third kappa shape index (κ3) is 5.18. The average Bonchev–Trinajstić information content (AvgIpc) is 3.24. The molecular weight excluding hydrogens is 450 g/mol. The highest BCUT2D eigenvalue weighted by atomic mass is 16.3. The van der Waals surface area contributed by atoms with Crippen molar-refractivity contribution in [3.05, 3.63) is 36.0 Å². The molecule has 2 aromatic heterocycles. The zero-order valence-electron chi connectivity index (χ0n) is 21.5. The zero-order valence-corrected chi connectivity index (χ0v) is 21.5. The van der Waals surface area contributed by atoms with Gasteiger partial charge in [0.1, 0.15) is 5.69 Å². The average molecular weight is 491 g/mol. The Balaban J connectivity index is 1.26. The lowest BCUT2D eigenvalue weighted by molar-refractivity contribution is -0.587. The van der Waals surface area contributed by atoms with Gasteiger partial charge in [-0.05, 0) is 51.1 Å². The number of aromatic nitrogens is 4. The van der Waals surface area contributed by atoms with E-state index in [1.165, 1.54) is 24.8 Å². The van der Waals surface area contributed by atoms with Crippen LogP contribution in [0.25, 0.3) is 22.3 Å². The van der Waals surface area contributed by atoms with E-state index in [2.05, 4.69) is 51.1 Å². The summed E-state index contributed by atoms with van der Waals surface area (Å²) in [6.45, 7) is 6.59. The van der Waals surface area contributed by atoms with E-state index in [0.29, 0.717) is 0 Å². The second-order valence-electron chi connectivity index (χ2n) is 11.2. The molecule has 0 unspecified atom stereocenters. The minimum absolute atomic E-state index is 0.184. The highest BCUT2D eigenvalue weighted by Gasteiger charge is 2.26. The van der Waals surface area contributed by atoms with Crippen LogP contribution in [0.1, 0.15) is 56.6 Å². The maximum Gasteiger partial charge on any atom is 0.327 e. The van der Waals surface area contributed by atoms with Crippen LogP contribution in [0.5, 0.6) is 0 Å². The fourth-order valence-corrected chi connectivity index (χ4v) is 5.84. The molecule has 36 heavy (non-hydrogen) atoms. The van der Waals surface area contributed by atoms with Crippen molar-refractivity contribution >= 4 is 17.0 Å². The number of aliphatic hydroxyl groups is 1. The van der Waals surface area contributed by atoms with Crippen LogP contribution in [0.4, 0.5) is 5.95 Å². The van der Waals surface area contributed by atoms with Crippen LogP contribution >= 0.6 is 0 Å². The number of rotatable bonds is 7. The van der Waals surface area contributed by atoms with E-state index in [-0.39, 0.29) is 12.1 Å². The molecule has 192 valence electrons. The number of fused-ring (bicyclic) bond motifs is 1. The van der Waals surface area contributed by atoms with E-state index < -0.39 is 0 Å². The molecule has 8 heteroatoms. The molecule has 0 radical (unpaired) electrons. The summed E-state index contributed by atoms with van der Waals surface area (Å²) in [6.07, 6.45) is 9.34. The molecule has 6 rings (SSSR count). The summed E-state index contributed by atoms with van der Waals surface area (Å²) in [7, 11) is 2.20. The van der Waals surface area contributed by atoms with Crippen LogP contribution in [0, 0.1) is 5.92 Å². The van der Waals surface area contributed by atoms with Crippen LogP contribution in [0.15, 0.2) is 30.5 Å². The molecular formula is C28H40N7O+. The molecule has 1 aliphatic heterocycles. The number of aliphatic hydroxyl groups excluding tert-OH is 1. The van der Waals surface area contributed by atoms with Crippen molar-refractivity contribution in [1.29, 1.82) is 0 Å². The fraction of sp³-hybridized carbons (Fsp3) is 0.607. The van der Waals surface area contributed by atoms with Crippen molar-refractivity contribution in [3.63, 3.8) is 0 Å². The number of piperazine rings is 1. The molecule has 3 fully saturated rings. The lowest BCUT2D eigenvalue weighted by atomic mass is 9.85. The van der Waals surface area contributed by atoms with Gasteiger partial charge in [0, 0.05) is 50.4 Å². The third-order valence-electron chi connectivity index (χ3n) is 8.57. The summed E-state index contributed by atoms with van der Waals surface area (Å²) in [5, 5.41) is 18.4. The molecule has 8 nitrogen and oxygen atoms in total. The minimum Gasteiger partial charge on any atom is -0.393 e. The van der Waals surface area contributed by atoms with Gasteiger partial charge in [0.2, 0.25) is 0 Å². The first-order chi connectivity index (χ1) is 17.6. The summed E-state index contributed by atoms with van der Waals surface area (Å²) in [4.78, 5) is 14.7. The predicted molar refractivity (Wildman–Crippen MR) is 141 cm³/mol. The first kappa shape index (κ1) is 24.0. The fourth-order valence-electron chi connectivity index (χ4n) is 5.84. The Bertz CT molecular complexity index is 1160. The standard InChI is InChI=1S/C28H39N7O/c1-33-13-15-34(16-14-33)19-21-5-7-22(8-6-21)26-25-18-30-28(29-17-20-3-2-4-20)31-27(25)35(32-26)23-9-11-24(36)12-10-23/h5-8,18,20,23-24,36H,2-4,9-17,19H2,1H3,(H,29,30,31)/p+1. The van der Waals surface area contributed by atoms with E-state index in [4.69, 9.17) is 15.1 Å². The molecule has 2 aliphatic carbocycles. The van der Waals surface area contributed by atoms with Gasteiger partial charge in [0.05, 0.1) is 24.1 Å². The third-order valence-corrected chi connectivity index (χ3v) is 8.57. The van der Waals surface area contributed by atoms with Gasteiger partial charge in [-0.3, -0.25) is 10.2 Å². The van der Waals surface area contributed by atoms with Crippen LogP contribution in [-0.4, -0.2) is 80.5 Å². The second-order valence-corrected chi connectivity index (χ2v) is 11.2. The topological polar surface area (TPSA) is 86.9 Å². The number of nitrogens with zero attached hydrogens (tertiary/aromatic N) is 6. The molecule has 0 atom stereocenters. The van der Waals surface area contributed by atoms with E-state index in [1.807, 2.05) is 6.20 Å². The predicted octanol–water partition coefficient (Wildman–Crippen LogP) is 2.71. The highest BCUT2D eigenvalue weighted by Crippen LogP contribution is 2.34. The first-order valence-corrected chi connectivity index (χ1v) is 13.9. The van der Waals surface area contributed by atoms with E-state index in [9.17, 15) is 5.11 Å². The quantitative estimate of drug-likeness (QED) is 0.530. The van der Waals surface area contributed by atoms with Gasteiger partial charge < -0.3 is 10.0 Å². The molecule has 0 spiro atoms. The number of likely N-dealkylation sites (N-methyl/N-ethyl adjacent to an activating group) is 1. The van der Waals surface area contributed by atoms with E-state index >= 15 is 0 Å². The van der Waals surface area contributed by atoms with Crippen molar-refractivity contribution in [2.75, 3.05) is 39.8 Å². The Morgan fingerprint density at radius 1 is 0.972 bits per heavy atom. The normalized spacial score (nSPS) is 24.3. The maximum absolute atomic E-state index is 10.1. The van der Waals surface area contributed by atoms with Crippen molar-refractivity contribution in [2.24, 2.45) is 5.92 Å². The Hall–Kier alpha value is -2.39. The number of quaternary nitrogens is 1. The Labute approximate surface area is 213 Å². The Kier molecular flexibility index (Phi) is 7.02. The molecule has 0 bridgehead atoms. The molecule has 2 saturated carbocycles. The lowest BCUT2D eigenvalue weighted by Gasteiger charge is -2.32. The largest absolute Gasteiger partial charge is 0.393 e. The summed E-state index contributed by atoms with van der Waals surface area (Å²) in [5.41, 5.74) is 4.36. The van der Waals surface area contributed by atoms with Gasteiger partial charge in [-0.1, -0.05) is 30.7 Å². The van der Waals surface area contributed by atoms with Gasteiger partial charge in [-0.25, -0.2) is 4.68 Å². The highest BCUT2D eigenvalue weighted by molar-refractivity contribution is 5.91. The van der Waals surface area contributed by atoms with Crippen LogP contribution in [-0.2, 0) is 6.54 Å². The van der Waals surface area contributed by atoms with Gasteiger partial charge in [-0.2, -0.15) is 15.1 Å². The Morgan fingerprint density at radius 3 is 2.42 bits per heavy atom. The lowest BCUT2D eigenvalue weighted by Crippen LogP contribution is -2.81. The number of nitrogens with two attached hydrogens (primary N) is 1. The van der Waals surface area contributed by atoms with Crippen molar-refractivity contribution in [1.82, 2.24) is 29.5 Å². The zero-order chi connectivity index (χ0) is 24.5. The molecule has 0 amide bonds. The Morgan fingerprint density at radius 2 is 1.72 bits per heavy atom. The molecule has 1 aromatic carbocycles. The smallest absolute Gasteiger partial charge is 0.327 e. The van der Waals surface area contributed by atoms with Crippen molar-refractivity contribution in [2.45, 2.75) is 63.6 Å². The number of hydrogen-bond donors (Lipinski definition) is 2. The number of benzene rings is 1. The monoisotopic (exact) mass is 490 g/mol. The van der Waals surface area contributed by atoms with E-state index in [0.717, 1.165) is 99.1 Å². The molecule has 3 aromatic rings. The molecule has 3 heterocycles. The van der Waals surface area contributed by atoms with Gasteiger partial charge in [0.15, 0.2) is 5.65 Å². The summed E-state index contributed by atoms with van der Waals surface area (Å²) >= 11 is 0. The SMILES string of the molecule is CN1CCN(Cc2ccc(-c3nn(C4CCC(O)CC4)c4nc([NH2+]CC5CCC5)ncc34)cc2)CC1. The maximum atomic E-state index is 10.1. The molecule has 1 saturated heterocycles. The second kappa shape index (κ2) is 10.5. The molecule has 3 N–H and O–H groups in total. The van der Waals surface area contributed by atoms with Crippen LogP contribution in [0.2, 0.25) is 0 Å². The van der Waals surface area contributed by atoms with Crippen molar-refractivity contribution < 1.29 is 10.4 Å². The number of hydrogen-bond acceptors (Lipinski definition) is 6. The van der Waals surface area contributed by atoms with Gasteiger partial charge in [-0.15, -0.1) is 0 Å². The van der Waals surface area contributed by atoms with Crippen LogP contribution in [0.3, 0.4) is 0 Å². The summed E-state index contributed by atoms with van der Waals surface area (Å²) in [5.74, 6) is 1.62. The summed E-state index contributed by atoms with van der Waals surface area (Å²) in [6, 6.07) is 9.18. The summed E-state index contributed by atoms with van der Waals surface area (Å²) < 4.78 is 2.14.